The largest absolute Gasteiger partial charge is 0.382 e. The SMILES string of the molecule is Cc1cscc1C1=Nc2cncn2[SH]1C(O)C1CCCCC1. The number of thiol groups is 1. The summed E-state index contributed by atoms with van der Waals surface area (Å²) in [4.78, 5) is 9.03. The summed E-state index contributed by atoms with van der Waals surface area (Å²) in [6.45, 7) is 2.13. The molecule has 4 rings (SSSR count). The van der Waals surface area contributed by atoms with E-state index in [1.165, 1.54) is 30.4 Å². The van der Waals surface area contributed by atoms with Crippen molar-refractivity contribution in [1.82, 2.24) is 8.96 Å². The Balaban J connectivity index is 1.71. The molecule has 1 fully saturated rings. The summed E-state index contributed by atoms with van der Waals surface area (Å²) >= 11 is 0.835. The quantitative estimate of drug-likeness (QED) is 0.833. The Hall–Kier alpha value is -1.11. The van der Waals surface area contributed by atoms with Gasteiger partial charge >= 0.3 is 0 Å². The van der Waals surface area contributed by atoms with E-state index in [-0.39, 0.29) is 5.44 Å². The molecule has 6 heteroatoms. The normalized spacial score (nSPS) is 25.0. The van der Waals surface area contributed by atoms with Crippen LogP contribution in [-0.2, 0) is 0 Å². The number of fused-ring (bicyclic) bond motifs is 1. The van der Waals surface area contributed by atoms with Crippen LogP contribution in [0.15, 0.2) is 28.3 Å². The van der Waals surface area contributed by atoms with Crippen LogP contribution in [0.3, 0.4) is 0 Å². The second-order valence-electron chi connectivity index (χ2n) is 6.16. The minimum atomic E-state index is -0.872. The number of hydrogen-bond acceptors (Lipinski definition) is 4. The molecule has 1 aliphatic carbocycles. The van der Waals surface area contributed by atoms with Crippen LogP contribution in [0.5, 0.6) is 0 Å². The van der Waals surface area contributed by atoms with Crippen molar-refractivity contribution in [2.24, 2.45) is 10.9 Å². The maximum atomic E-state index is 11.1. The second kappa shape index (κ2) is 5.83. The molecule has 0 radical (unpaired) electrons. The number of imidazole rings is 1. The van der Waals surface area contributed by atoms with Crippen molar-refractivity contribution in [3.8, 4) is 0 Å². The molecule has 0 aromatic carbocycles. The van der Waals surface area contributed by atoms with Crippen LogP contribution in [0.2, 0.25) is 0 Å². The molecule has 0 spiro atoms. The van der Waals surface area contributed by atoms with E-state index in [0.29, 0.717) is 5.92 Å². The van der Waals surface area contributed by atoms with Crippen molar-refractivity contribution in [3.05, 3.63) is 34.4 Å². The van der Waals surface area contributed by atoms with Crippen molar-refractivity contribution in [3.63, 3.8) is 0 Å². The summed E-state index contributed by atoms with van der Waals surface area (Å²) in [5, 5.41) is 16.5. The first kappa shape index (κ1) is 14.5. The lowest BCUT2D eigenvalue weighted by Crippen LogP contribution is -2.27. The number of hydrogen-bond donors (Lipinski definition) is 2. The highest BCUT2D eigenvalue weighted by Gasteiger charge is 2.35. The average Bonchev–Trinajstić information content (AvgIpc) is 3.22. The highest BCUT2D eigenvalue weighted by atomic mass is 32.2. The van der Waals surface area contributed by atoms with Gasteiger partial charge in [-0.25, -0.2) is 9.98 Å². The van der Waals surface area contributed by atoms with Crippen LogP contribution < -0.4 is 0 Å². The molecule has 0 bridgehead atoms. The topological polar surface area (TPSA) is 50.4 Å². The van der Waals surface area contributed by atoms with Gasteiger partial charge in [-0.1, -0.05) is 30.3 Å². The number of aliphatic hydroxyl groups excluding tert-OH is 1. The highest BCUT2D eigenvalue weighted by molar-refractivity contribution is 8.29. The fourth-order valence-corrected chi connectivity index (χ4v) is 6.96. The molecule has 0 amide bonds. The van der Waals surface area contributed by atoms with Crippen molar-refractivity contribution in [1.29, 1.82) is 0 Å². The molecule has 1 aliphatic heterocycles. The van der Waals surface area contributed by atoms with Gasteiger partial charge in [-0.3, -0.25) is 3.97 Å². The first-order valence-electron chi connectivity index (χ1n) is 7.87. The smallest absolute Gasteiger partial charge is 0.162 e. The van der Waals surface area contributed by atoms with E-state index >= 15 is 0 Å². The van der Waals surface area contributed by atoms with E-state index in [4.69, 9.17) is 4.99 Å². The van der Waals surface area contributed by atoms with Crippen LogP contribution >= 0.6 is 22.4 Å². The molecule has 2 atom stereocenters. The predicted octanol–water partition coefficient (Wildman–Crippen LogP) is 4.01. The van der Waals surface area contributed by atoms with E-state index in [0.717, 1.165) is 23.7 Å². The van der Waals surface area contributed by atoms with Crippen LogP contribution in [-0.4, -0.2) is 24.5 Å². The lowest BCUT2D eigenvalue weighted by atomic mass is 9.90. The van der Waals surface area contributed by atoms with Crippen molar-refractivity contribution < 1.29 is 5.11 Å². The molecule has 0 saturated heterocycles. The number of aryl methyl sites for hydroxylation is 1. The predicted molar refractivity (Wildman–Crippen MR) is 94.4 cm³/mol. The molecule has 2 unspecified atom stereocenters. The number of aromatic nitrogens is 2. The van der Waals surface area contributed by atoms with E-state index in [2.05, 4.69) is 26.6 Å². The summed E-state index contributed by atoms with van der Waals surface area (Å²) < 4.78 is 2.11. The van der Waals surface area contributed by atoms with Crippen molar-refractivity contribution in [2.45, 2.75) is 44.5 Å². The zero-order valence-electron chi connectivity index (χ0n) is 12.6. The number of nitrogens with zero attached hydrogens (tertiary/aromatic N) is 3. The van der Waals surface area contributed by atoms with Gasteiger partial charge in [0.15, 0.2) is 5.82 Å². The Morgan fingerprint density at radius 1 is 1.32 bits per heavy atom. The van der Waals surface area contributed by atoms with Gasteiger partial charge in [0, 0.05) is 10.9 Å². The van der Waals surface area contributed by atoms with E-state index < -0.39 is 11.1 Å². The molecule has 3 heterocycles. The first-order chi connectivity index (χ1) is 10.8. The van der Waals surface area contributed by atoms with Gasteiger partial charge < -0.3 is 5.11 Å². The fraction of sp³-hybridized carbons (Fsp3) is 0.500. The van der Waals surface area contributed by atoms with Gasteiger partial charge in [-0.2, -0.15) is 11.3 Å². The lowest BCUT2D eigenvalue weighted by molar-refractivity contribution is 0.158. The van der Waals surface area contributed by atoms with E-state index in [1.54, 1.807) is 17.5 Å². The summed E-state index contributed by atoms with van der Waals surface area (Å²) in [6.07, 6.45) is 9.71. The van der Waals surface area contributed by atoms with Crippen LogP contribution in [0.4, 0.5) is 5.82 Å². The standard InChI is InChI=1S/C16H21N3OS2/c1-11-8-21-9-13(11)15-18-14-7-17-10-19(14)22(15)16(20)12-5-3-2-4-6-12/h7-10,12,16,20,22H,2-6H2,1H3. The highest BCUT2D eigenvalue weighted by Crippen LogP contribution is 2.50. The van der Waals surface area contributed by atoms with Gasteiger partial charge in [0.2, 0.25) is 0 Å². The first-order valence-corrected chi connectivity index (χ1v) is 10.2. The third-order valence-corrected chi connectivity index (χ3v) is 8.02. The fourth-order valence-electron chi connectivity index (χ4n) is 3.45. The van der Waals surface area contributed by atoms with Gasteiger partial charge in [0.05, 0.1) is 6.20 Å². The Kier molecular flexibility index (Phi) is 3.84. The molecule has 2 aliphatic rings. The molecule has 1 N–H and O–H groups in total. The summed E-state index contributed by atoms with van der Waals surface area (Å²) in [7, 11) is 0. The molecule has 2 aromatic rings. The van der Waals surface area contributed by atoms with Gasteiger partial charge in [-0.05, 0) is 36.6 Å². The van der Waals surface area contributed by atoms with Gasteiger partial charge in [0.1, 0.15) is 16.8 Å². The Bertz CT molecular complexity index is 700. The minimum Gasteiger partial charge on any atom is -0.382 e. The zero-order valence-corrected chi connectivity index (χ0v) is 14.4. The summed E-state index contributed by atoms with van der Waals surface area (Å²) in [5.41, 5.74) is 2.14. The monoisotopic (exact) mass is 335 g/mol. The van der Waals surface area contributed by atoms with Crippen molar-refractivity contribution in [2.75, 3.05) is 0 Å². The lowest BCUT2D eigenvalue weighted by Gasteiger charge is -2.34. The summed E-state index contributed by atoms with van der Waals surface area (Å²) in [6, 6.07) is 0. The zero-order chi connectivity index (χ0) is 15.1. The Labute approximate surface area is 137 Å². The molecule has 2 aromatic heterocycles. The number of aliphatic hydroxyl groups is 1. The average molecular weight is 335 g/mol. The summed E-state index contributed by atoms with van der Waals surface area (Å²) in [5.74, 6) is 1.29. The maximum absolute atomic E-state index is 11.1. The maximum Gasteiger partial charge on any atom is 0.162 e. The number of aliphatic imine (C=N–C) groups is 1. The third kappa shape index (κ3) is 2.33. The Morgan fingerprint density at radius 3 is 2.86 bits per heavy atom. The van der Waals surface area contributed by atoms with E-state index in [9.17, 15) is 5.11 Å². The van der Waals surface area contributed by atoms with Crippen LogP contribution in [0, 0.1) is 12.8 Å². The molecule has 1 saturated carbocycles. The molecular formula is C16H21N3OS2. The molecule has 4 nitrogen and oxygen atoms in total. The third-order valence-electron chi connectivity index (χ3n) is 4.69. The number of thiophene rings is 1. The van der Waals surface area contributed by atoms with Gasteiger partial charge in [0.25, 0.3) is 0 Å². The number of rotatable bonds is 3. The molecule has 22 heavy (non-hydrogen) atoms. The van der Waals surface area contributed by atoms with Gasteiger partial charge in [-0.15, -0.1) is 0 Å². The van der Waals surface area contributed by atoms with Crippen LogP contribution in [0.25, 0.3) is 0 Å². The minimum absolute atomic E-state index is 0.316. The van der Waals surface area contributed by atoms with Crippen LogP contribution in [0.1, 0.15) is 43.2 Å². The Morgan fingerprint density at radius 2 is 2.14 bits per heavy atom. The van der Waals surface area contributed by atoms with E-state index in [1.807, 2.05) is 6.33 Å². The van der Waals surface area contributed by atoms with Crippen molar-refractivity contribution >= 4 is 33.3 Å². The molecular weight excluding hydrogens is 314 g/mol. The molecule has 118 valence electrons. The second-order valence-corrected chi connectivity index (χ2v) is 8.97.